The predicted octanol–water partition coefficient (Wildman–Crippen LogP) is 2.81. The molecule has 0 aromatic carbocycles. The number of fused-ring (bicyclic) bond motifs is 5. The van der Waals surface area contributed by atoms with Crippen LogP contribution < -0.4 is 0 Å². The molecule has 3 saturated carbocycles. The maximum absolute atomic E-state index is 12.3. The monoisotopic (exact) mass is 288 g/mol. The summed E-state index contributed by atoms with van der Waals surface area (Å²) in [5.74, 6) is 1.39. The number of ketones is 2. The van der Waals surface area contributed by atoms with Gasteiger partial charge in [-0.2, -0.15) is 0 Å². The summed E-state index contributed by atoms with van der Waals surface area (Å²) in [6.45, 7) is 2.13. The Bertz CT molecular complexity index is 549. The normalized spacial score (nSPS) is 49.2. The van der Waals surface area contributed by atoms with Crippen LogP contribution in [0.25, 0.3) is 0 Å². The van der Waals surface area contributed by atoms with Crippen LogP contribution in [0.5, 0.6) is 0 Å². The van der Waals surface area contributed by atoms with Gasteiger partial charge < -0.3 is 5.11 Å². The lowest BCUT2D eigenvalue weighted by atomic mass is 9.50. The van der Waals surface area contributed by atoms with E-state index in [1.165, 1.54) is 5.57 Å². The fraction of sp³-hybridized carbons (Fsp3) is 0.778. The first-order valence-corrected chi connectivity index (χ1v) is 8.44. The molecule has 0 saturated heterocycles. The Kier molecular flexibility index (Phi) is 2.79. The molecule has 1 N–H and O–H groups in total. The van der Waals surface area contributed by atoms with E-state index >= 15 is 0 Å². The molecule has 114 valence electrons. The van der Waals surface area contributed by atoms with E-state index in [1.807, 2.05) is 0 Å². The smallest absolute Gasteiger partial charge is 0.155 e. The summed E-state index contributed by atoms with van der Waals surface area (Å²) in [5.41, 5.74) is 0.320. The average Bonchev–Trinajstić information content (AvgIpc) is 2.75. The Morgan fingerprint density at radius 2 is 1.81 bits per heavy atom. The van der Waals surface area contributed by atoms with Crippen LogP contribution in [0.1, 0.15) is 58.3 Å². The van der Waals surface area contributed by atoms with Gasteiger partial charge in [-0.3, -0.25) is 9.59 Å². The number of rotatable bonds is 0. The van der Waals surface area contributed by atoms with Crippen LogP contribution in [0.2, 0.25) is 0 Å². The molecular weight excluding hydrogens is 264 g/mol. The van der Waals surface area contributed by atoms with Gasteiger partial charge in [-0.1, -0.05) is 12.5 Å². The number of hydrogen-bond acceptors (Lipinski definition) is 3. The van der Waals surface area contributed by atoms with E-state index in [9.17, 15) is 14.7 Å². The van der Waals surface area contributed by atoms with Gasteiger partial charge in [0, 0.05) is 24.2 Å². The summed E-state index contributed by atoms with van der Waals surface area (Å²) in [6, 6.07) is 0. The van der Waals surface area contributed by atoms with E-state index in [4.69, 9.17) is 0 Å². The van der Waals surface area contributed by atoms with Crippen molar-refractivity contribution in [3.63, 3.8) is 0 Å². The largest absolute Gasteiger partial charge is 0.389 e. The van der Waals surface area contributed by atoms with Crippen molar-refractivity contribution in [1.82, 2.24) is 0 Å². The Balaban J connectivity index is 1.72. The van der Waals surface area contributed by atoms with Crippen molar-refractivity contribution in [1.29, 1.82) is 0 Å². The zero-order valence-corrected chi connectivity index (χ0v) is 12.7. The van der Waals surface area contributed by atoms with Gasteiger partial charge in [0.2, 0.25) is 0 Å². The van der Waals surface area contributed by atoms with Crippen molar-refractivity contribution >= 4 is 11.6 Å². The Hall–Kier alpha value is -0.960. The molecule has 0 aromatic heterocycles. The third-order valence-corrected chi connectivity index (χ3v) is 7.13. The molecule has 4 rings (SSSR count). The zero-order valence-electron chi connectivity index (χ0n) is 12.7. The van der Waals surface area contributed by atoms with E-state index in [0.29, 0.717) is 24.5 Å². The highest BCUT2D eigenvalue weighted by Crippen LogP contribution is 2.62. The average molecular weight is 288 g/mol. The third kappa shape index (κ3) is 1.70. The molecule has 0 spiro atoms. The third-order valence-electron chi connectivity index (χ3n) is 7.13. The van der Waals surface area contributed by atoms with Gasteiger partial charge in [-0.05, 0) is 56.4 Å². The van der Waals surface area contributed by atoms with E-state index in [-0.39, 0.29) is 23.0 Å². The van der Waals surface area contributed by atoms with Crippen molar-refractivity contribution < 1.29 is 14.7 Å². The fourth-order valence-electron chi connectivity index (χ4n) is 5.94. The standard InChI is InChI=1S/C18H24O3/c1-17-8-9-18(21)13-5-3-12(19)10-11(13)2-4-15(18)14(17)6-7-16(17)20/h10,13-15,21H,2-9H2,1H3/t13-,14-,15-,17-,18-/m0/s1. The molecule has 0 aliphatic heterocycles. The Morgan fingerprint density at radius 3 is 2.62 bits per heavy atom. The minimum atomic E-state index is -0.667. The van der Waals surface area contributed by atoms with E-state index < -0.39 is 5.60 Å². The molecular formula is C18H24O3. The Labute approximate surface area is 125 Å². The van der Waals surface area contributed by atoms with Crippen molar-refractivity contribution in [2.75, 3.05) is 0 Å². The fourth-order valence-corrected chi connectivity index (χ4v) is 5.94. The molecule has 3 fully saturated rings. The molecule has 0 bridgehead atoms. The zero-order chi connectivity index (χ0) is 14.8. The lowest BCUT2D eigenvalue weighted by Gasteiger charge is -2.57. The molecule has 0 unspecified atom stereocenters. The molecule has 4 aliphatic carbocycles. The Morgan fingerprint density at radius 1 is 1.05 bits per heavy atom. The maximum atomic E-state index is 12.3. The lowest BCUT2D eigenvalue weighted by molar-refractivity contribution is -0.161. The highest BCUT2D eigenvalue weighted by atomic mass is 16.3. The lowest BCUT2D eigenvalue weighted by Crippen LogP contribution is -2.58. The number of carbonyl (C=O) groups is 2. The summed E-state index contributed by atoms with van der Waals surface area (Å²) < 4.78 is 0. The van der Waals surface area contributed by atoms with Crippen LogP contribution in [0.3, 0.4) is 0 Å². The molecule has 3 nitrogen and oxygen atoms in total. The van der Waals surface area contributed by atoms with E-state index in [0.717, 1.165) is 38.5 Å². The molecule has 3 heteroatoms. The highest BCUT2D eigenvalue weighted by molar-refractivity contribution is 5.91. The van der Waals surface area contributed by atoms with Gasteiger partial charge in [-0.25, -0.2) is 0 Å². The van der Waals surface area contributed by atoms with Crippen LogP contribution in [0.15, 0.2) is 11.6 Å². The van der Waals surface area contributed by atoms with Gasteiger partial charge in [0.25, 0.3) is 0 Å². The summed E-state index contributed by atoms with van der Waals surface area (Å²) in [6.07, 6.45) is 8.25. The predicted molar refractivity (Wildman–Crippen MR) is 78.6 cm³/mol. The van der Waals surface area contributed by atoms with E-state index in [2.05, 4.69) is 6.92 Å². The van der Waals surface area contributed by atoms with Crippen molar-refractivity contribution in [2.45, 2.75) is 63.9 Å². The minimum absolute atomic E-state index is 0.161. The number of hydrogen-bond donors (Lipinski definition) is 1. The molecule has 0 radical (unpaired) electrons. The second kappa shape index (κ2) is 4.28. The van der Waals surface area contributed by atoms with Crippen LogP contribution in [-0.2, 0) is 9.59 Å². The molecule has 5 atom stereocenters. The van der Waals surface area contributed by atoms with E-state index in [1.54, 1.807) is 6.08 Å². The van der Waals surface area contributed by atoms with Gasteiger partial charge in [0.15, 0.2) is 5.78 Å². The van der Waals surface area contributed by atoms with Gasteiger partial charge >= 0.3 is 0 Å². The first-order valence-electron chi connectivity index (χ1n) is 8.44. The number of aliphatic hydroxyl groups is 1. The van der Waals surface area contributed by atoms with Crippen LogP contribution in [0.4, 0.5) is 0 Å². The molecule has 0 aromatic rings. The first-order chi connectivity index (χ1) is 9.95. The van der Waals surface area contributed by atoms with Gasteiger partial charge in [0.1, 0.15) is 5.78 Å². The molecule has 21 heavy (non-hydrogen) atoms. The summed E-state index contributed by atoms with van der Waals surface area (Å²) in [4.78, 5) is 24.0. The summed E-state index contributed by atoms with van der Waals surface area (Å²) in [7, 11) is 0. The molecule has 0 heterocycles. The van der Waals surface area contributed by atoms with Crippen molar-refractivity contribution in [2.24, 2.45) is 23.2 Å². The maximum Gasteiger partial charge on any atom is 0.155 e. The quantitative estimate of drug-likeness (QED) is 0.745. The van der Waals surface area contributed by atoms with Gasteiger partial charge in [0.05, 0.1) is 5.60 Å². The SMILES string of the molecule is C[C@]12CC[C@]3(O)[C@H]4CCC(=O)C=C4CC[C@H]3[C@@H]1CCC2=O. The second-order valence-electron chi connectivity index (χ2n) is 7.90. The highest BCUT2D eigenvalue weighted by Gasteiger charge is 2.61. The topological polar surface area (TPSA) is 54.4 Å². The van der Waals surface area contributed by atoms with Crippen molar-refractivity contribution in [3.8, 4) is 0 Å². The summed E-state index contributed by atoms with van der Waals surface area (Å²) >= 11 is 0. The van der Waals surface area contributed by atoms with Crippen LogP contribution in [-0.4, -0.2) is 22.3 Å². The number of Topliss-reactive ketones (excluding diaryl/α,β-unsaturated/α-hetero) is 1. The van der Waals surface area contributed by atoms with Crippen LogP contribution >= 0.6 is 0 Å². The second-order valence-corrected chi connectivity index (χ2v) is 7.90. The van der Waals surface area contributed by atoms with Crippen LogP contribution in [0, 0.1) is 23.2 Å². The molecule has 0 amide bonds. The van der Waals surface area contributed by atoms with Crippen molar-refractivity contribution in [3.05, 3.63) is 11.6 Å². The number of carbonyl (C=O) groups excluding carboxylic acids is 2. The minimum Gasteiger partial charge on any atom is -0.389 e. The summed E-state index contributed by atoms with van der Waals surface area (Å²) in [5, 5.41) is 11.5. The molecule has 4 aliphatic rings. The van der Waals surface area contributed by atoms with Gasteiger partial charge in [-0.15, -0.1) is 0 Å². The first kappa shape index (κ1) is 13.7.